The number of para-hydroxylation sites is 1. The summed E-state index contributed by atoms with van der Waals surface area (Å²) in [6.45, 7) is 6.72. The van der Waals surface area contributed by atoms with Gasteiger partial charge in [0.05, 0.1) is 19.7 Å². The summed E-state index contributed by atoms with van der Waals surface area (Å²) in [7, 11) is 1.75. The number of hydrogen-bond donors (Lipinski definition) is 2. The minimum atomic E-state index is 0. The molecule has 1 aliphatic heterocycles. The highest BCUT2D eigenvalue weighted by atomic mass is 127. The van der Waals surface area contributed by atoms with Crippen LogP contribution in [0.3, 0.4) is 0 Å². The van der Waals surface area contributed by atoms with Crippen LogP contribution in [0, 0.1) is 0 Å². The van der Waals surface area contributed by atoms with Crippen LogP contribution in [0.15, 0.2) is 46.8 Å². The second kappa shape index (κ2) is 12.3. The van der Waals surface area contributed by atoms with Gasteiger partial charge in [0.25, 0.3) is 0 Å². The number of ether oxygens (including phenoxy) is 1. The Balaban J connectivity index is 0.00000280. The summed E-state index contributed by atoms with van der Waals surface area (Å²) < 4.78 is 5.64. The zero-order valence-corrected chi connectivity index (χ0v) is 19.8. The van der Waals surface area contributed by atoms with Gasteiger partial charge in [-0.3, -0.25) is 4.90 Å². The summed E-state index contributed by atoms with van der Waals surface area (Å²) >= 11 is 1.74. The first-order chi connectivity index (χ1) is 13.3. The molecule has 0 radical (unpaired) electrons. The third kappa shape index (κ3) is 6.35. The van der Waals surface area contributed by atoms with Crippen molar-refractivity contribution >= 4 is 41.3 Å². The number of rotatable bonds is 8. The number of benzene rings is 1. The molecule has 1 atom stereocenters. The number of guanidine groups is 1. The molecule has 2 N–H and O–H groups in total. The van der Waals surface area contributed by atoms with Gasteiger partial charge < -0.3 is 15.4 Å². The standard InChI is InChI=1S/C21H30N4OS.HI/c1-3-22-21(23-15-17-9-8-14-27-17)24-16-19(25-12-6-7-13-25)18-10-4-5-11-20(18)26-2;/h4-5,8-11,14,19H,3,6-7,12-13,15-16H2,1-2H3,(H2,22,23,24);1H. The average molecular weight is 514 g/mol. The summed E-state index contributed by atoms with van der Waals surface area (Å²) in [5.74, 6) is 1.82. The van der Waals surface area contributed by atoms with Gasteiger partial charge in [0.15, 0.2) is 5.96 Å². The Hall–Kier alpha value is -1.32. The predicted molar refractivity (Wildman–Crippen MR) is 129 cm³/mol. The molecule has 1 aromatic heterocycles. The third-order valence-corrected chi connectivity index (χ3v) is 5.72. The Kier molecular flexibility index (Phi) is 10.1. The number of thiophene rings is 1. The fourth-order valence-electron chi connectivity index (χ4n) is 3.53. The number of nitrogens with one attached hydrogen (secondary N) is 2. The SMILES string of the molecule is CCNC(=NCc1cccs1)NCC(c1ccccc1OC)N1CCCC1.I. The second-order valence-electron chi connectivity index (χ2n) is 6.66. The van der Waals surface area contributed by atoms with Crippen molar-refractivity contribution in [2.45, 2.75) is 32.4 Å². The van der Waals surface area contributed by atoms with Crippen LogP contribution in [0.4, 0.5) is 0 Å². The van der Waals surface area contributed by atoms with E-state index >= 15 is 0 Å². The Bertz CT molecular complexity index is 717. The van der Waals surface area contributed by atoms with Crippen LogP contribution >= 0.6 is 35.3 Å². The van der Waals surface area contributed by atoms with Gasteiger partial charge in [-0.05, 0) is 50.4 Å². The van der Waals surface area contributed by atoms with Gasteiger partial charge in [0, 0.05) is 23.5 Å². The Labute approximate surface area is 189 Å². The molecule has 28 heavy (non-hydrogen) atoms. The number of nitrogens with zero attached hydrogens (tertiary/aromatic N) is 2. The van der Waals surface area contributed by atoms with Crippen molar-refractivity contribution in [2.75, 3.05) is 33.3 Å². The summed E-state index contributed by atoms with van der Waals surface area (Å²) in [5.41, 5.74) is 1.24. The lowest BCUT2D eigenvalue weighted by Gasteiger charge is -2.30. The first-order valence-corrected chi connectivity index (χ1v) is 10.6. The van der Waals surface area contributed by atoms with Gasteiger partial charge in [-0.25, -0.2) is 4.99 Å². The fourth-order valence-corrected chi connectivity index (χ4v) is 4.15. The molecular weight excluding hydrogens is 483 g/mol. The molecule has 1 unspecified atom stereocenters. The van der Waals surface area contributed by atoms with Crippen LogP contribution in [0.1, 0.15) is 36.2 Å². The molecule has 1 aliphatic rings. The highest BCUT2D eigenvalue weighted by Crippen LogP contribution is 2.31. The highest BCUT2D eigenvalue weighted by Gasteiger charge is 2.26. The van der Waals surface area contributed by atoms with E-state index in [1.54, 1.807) is 18.4 Å². The van der Waals surface area contributed by atoms with E-state index < -0.39 is 0 Å². The van der Waals surface area contributed by atoms with Crippen molar-refractivity contribution in [1.29, 1.82) is 0 Å². The molecule has 154 valence electrons. The van der Waals surface area contributed by atoms with E-state index in [2.05, 4.69) is 58.2 Å². The molecule has 1 aromatic carbocycles. The van der Waals surface area contributed by atoms with E-state index in [9.17, 15) is 0 Å². The van der Waals surface area contributed by atoms with Gasteiger partial charge in [-0.2, -0.15) is 0 Å². The summed E-state index contributed by atoms with van der Waals surface area (Å²) in [6.07, 6.45) is 2.52. The number of methoxy groups -OCH3 is 1. The average Bonchev–Trinajstić information content (AvgIpc) is 3.41. The second-order valence-corrected chi connectivity index (χ2v) is 7.69. The molecule has 0 saturated carbocycles. The lowest BCUT2D eigenvalue weighted by Crippen LogP contribution is -2.42. The maximum atomic E-state index is 5.64. The smallest absolute Gasteiger partial charge is 0.191 e. The van der Waals surface area contributed by atoms with E-state index in [4.69, 9.17) is 9.73 Å². The monoisotopic (exact) mass is 514 g/mol. The largest absolute Gasteiger partial charge is 0.496 e. The highest BCUT2D eigenvalue weighted by molar-refractivity contribution is 14.0. The van der Waals surface area contributed by atoms with E-state index in [-0.39, 0.29) is 30.0 Å². The van der Waals surface area contributed by atoms with Gasteiger partial charge in [-0.15, -0.1) is 35.3 Å². The quantitative estimate of drug-likeness (QED) is 0.314. The van der Waals surface area contributed by atoms with Crippen LogP contribution in [0.25, 0.3) is 0 Å². The van der Waals surface area contributed by atoms with Crippen molar-refractivity contribution in [2.24, 2.45) is 4.99 Å². The minimum absolute atomic E-state index is 0. The molecule has 1 saturated heterocycles. The van der Waals surface area contributed by atoms with Crippen LogP contribution in [-0.4, -0.2) is 44.1 Å². The van der Waals surface area contributed by atoms with Crippen molar-refractivity contribution < 1.29 is 4.74 Å². The molecule has 0 aliphatic carbocycles. The number of likely N-dealkylation sites (tertiary alicyclic amines) is 1. The van der Waals surface area contributed by atoms with Crippen LogP contribution in [0.5, 0.6) is 5.75 Å². The maximum absolute atomic E-state index is 5.64. The molecule has 0 spiro atoms. The lowest BCUT2D eigenvalue weighted by atomic mass is 10.0. The molecule has 3 rings (SSSR count). The first kappa shape index (κ1) is 23.0. The number of aliphatic imine (C=N–C) groups is 1. The van der Waals surface area contributed by atoms with Crippen molar-refractivity contribution in [3.63, 3.8) is 0 Å². The molecule has 0 bridgehead atoms. The van der Waals surface area contributed by atoms with Gasteiger partial charge in [0.1, 0.15) is 5.75 Å². The normalized spacial score (nSPS) is 15.7. The Morgan fingerprint density at radius 1 is 1.18 bits per heavy atom. The van der Waals surface area contributed by atoms with Gasteiger partial charge in [-0.1, -0.05) is 24.3 Å². The maximum Gasteiger partial charge on any atom is 0.191 e. The van der Waals surface area contributed by atoms with Gasteiger partial charge in [0.2, 0.25) is 0 Å². The van der Waals surface area contributed by atoms with Crippen LogP contribution in [0.2, 0.25) is 0 Å². The van der Waals surface area contributed by atoms with E-state index in [0.717, 1.165) is 37.9 Å². The van der Waals surface area contributed by atoms with Gasteiger partial charge >= 0.3 is 0 Å². The zero-order chi connectivity index (χ0) is 18.9. The summed E-state index contributed by atoms with van der Waals surface area (Å²) in [5, 5.41) is 9.01. The topological polar surface area (TPSA) is 48.9 Å². The summed E-state index contributed by atoms with van der Waals surface area (Å²) in [6, 6.07) is 12.8. The minimum Gasteiger partial charge on any atom is -0.496 e. The molecule has 1 fully saturated rings. The molecule has 0 amide bonds. The zero-order valence-electron chi connectivity index (χ0n) is 16.7. The molecule has 2 aromatic rings. The van der Waals surface area contributed by atoms with Crippen LogP contribution in [-0.2, 0) is 6.54 Å². The predicted octanol–water partition coefficient (Wildman–Crippen LogP) is 4.27. The van der Waals surface area contributed by atoms with Crippen molar-refractivity contribution in [3.05, 3.63) is 52.2 Å². The fraction of sp³-hybridized carbons (Fsp3) is 0.476. The Morgan fingerprint density at radius 2 is 1.96 bits per heavy atom. The van der Waals surface area contributed by atoms with Crippen LogP contribution < -0.4 is 15.4 Å². The van der Waals surface area contributed by atoms with Crippen molar-refractivity contribution in [1.82, 2.24) is 15.5 Å². The number of halogens is 1. The molecule has 7 heteroatoms. The van der Waals surface area contributed by atoms with E-state index in [0.29, 0.717) is 6.54 Å². The van der Waals surface area contributed by atoms with Crippen molar-refractivity contribution in [3.8, 4) is 5.75 Å². The number of hydrogen-bond acceptors (Lipinski definition) is 4. The van der Waals surface area contributed by atoms with E-state index in [1.165, 1.54) is 23.3 Å². The molecule has 2 heterocycles. The summed E-state index contributed by atoms with van der Waals surface area (Å²) in [4.78, 5) is 8.57. The molecule has 5 nitrogen and oxygen atoms in total. The van der Waals surface area contributed by atoms with E-state index in [1.807, 2.05) is 6.07 Å². The molecular formula is C21H31IN4OS. The first-order valence-electron chi connectivity index (χ1n) is 9.73. The lowest BCUT2D eigenvalue weighted by molar-refractivity contribution is 0.239. The Morgan fingerprint density at radius 3 is 2.64 bits per heavy atom. The third-order valence-electron chi connectivity index (χ3n) is 4.86.